The van der Waals surface area contributed by atoms with Crippen molar-refractivity contribution in [2.75, 3.05) is 27.7 Å². The number of guanidine groups is 1. The Morgan fingerprint density at radius 2 is 2.25 bits per heavy atom. The number of methoxy groups -OCH3 is 1. The van der Waals surface area contributed by atoms with E-state index in [-0.39, 0.29) is 11.6 Å². The lowest BCUT2D eigenvalue weighted by Gasteiger charge is -2.22. The molecular formula is C17H23FN4OS. The van der Waals surface area contributed by atoms with E-state index in [1.165, 1.54) is 18.1 Å². The predicted molar refractivity (Wildman–Crippen MR) is 96.3 cm³/mol. The zero-order valence-electron chi connectivity index (χ0n) is 14.5. The van der Waals surface area contributed by atoms with Gasteiger partial charge in [0.15, 0.2) is 17.5 Å². The molecule has 1 aromatic carbocycles. The van der Waals surface area contributed by atoms with E-state index in [2.05, 4.69) is 22.2 Å². The minimum atomic E-state index is -0.356. The molecule has 0 radical (unpaired) electrons. The van der Waals surface area contributed by atoms with Crippen LogP contribution in [0.1, 0.15) is 15.4 Å². The second-order valence-corrected chi connectivity index (χ2v) is 6.73. The zero-order chi connectivity index (χ0) is 17.5. The van der Waals surface area contributed by atoms with E-state index in [4.69, 9.17) is 4.74 Å². The number of ether oxygens (including phenoxy) is 1. The molecule has 0 bridgehead atoms. The lowest BCUT2D eigenvalue weighted by molar-refractivity contribution is 0.385. The Kier molecular flexibility index (Phi) is 6.54. The van der Waals surface area contributed by atoms with E-state index in [0.717, 1.165) is 29.5 Å². The molecule has 130 valence electrons. The fourth-order valence-corrected chi connectivity index (χ4v) is 3.13. The van der Waals surface area contributed by atoms with Gasteiger partial charge in [-0.05, 0) is 24.6 Å². The molecule has 0 atom stereocenters. The van der Waals surface area contributed by atoms with Gasteiger partial charge in [-0.25, -0.2) is 9.37 Å². The minimum absolute atomic E-state index is 0.252. The number of aromatic nitrogens is 1. The number of halogens is 1. The van der Waals surface area contributed by atoms with Crippen molar-refractivity contribution >= 4 is 17.3 Å². The minimum Gasteiger partial charge on any atom is -0.494 e. The summed E-state index contributed by atoms with van der Waals surface area (Å²) in [5.41, 5.74) is 0.856. The summed E-state index contributed by atoms with van der Waals surface area (Å²) in [6, 6.07) is 4.98. The van der Waals surface area contributed by atoms with Crippen LogP contribution in [-0.4, -0.2) is 43.6 Å². The fourth-order valence-electron chi connectivity index (χ4n) is 2.34. The van der Waals surface area contributed by atoms with Crippen molar-refractivity contribution in [1.29, 1.82) is 0 Å². The van der Waals surface area contributed by atoms with Gasteiger partial charge in [0.1, 0.15) is 0 Å². The summed E-state index contributed by atoms with van der Waals surface area (Å²) in [7, 11) is 5.12. The van der Waals surface area contributed by atoms with Gasteiger partial charge in [-0.3, -0.25) is 4.99 Å². The van der Waals surface area contributed by atoms with Gasteiger partial charge < -0.3 is 15.0 Å². The number of rotatable bonds is 6. The van der Waals surface area contributed by atoms with Crippen LogP contribution in [-0.2, 0) is 13.0 Å². The molecule has 0 saturated carbocycles. The van der Waals surface area contributed by atoms with Crippen molar-refractivity contribution in [2.24, 2.45) is 4.99 Å². The predicted octanol–water partition coefficient (Wildman–Crippen LogP) is 2.85. The van der Waals surface area contributed by atoms with Crippen molar-refractivity contribution in [3.63, 3.8) is 0 Å². The van der Waals surface area contributed by atoms with Crippen LogP contribution in [0.3, 0.4) is 0 Å². The normalized spacial score (nSPS) is 11.5. The molecular weight excluding hydrogens is 327 g/mol. The number of hydrogen-bond donors (Lipinski definition) is 1. The Morgan fingerprint density at radius 1 is 1.46 bits per heavy atom. The zero-order valence-corrected chi connectivity index (χ0v) is 15.3. The molecule has 0 saturated heterocycles. The van der Waals surface area contributed by atoms with Crippen molar-refractivity contribution in [1.82, 2.24) is 15.2 Å². The highest BCUT2D eigenvalue weighted by Gasteiger charge is 2.09. The van der Waals surface area contributed by atoms with Gasteiger partial charge in [0.2, 0.25) is 0 Å². The highest BCUT2D eigenvalue weighted by molar-refractivity contribution is 7.11. The molecule has 1 aromatic heterocycles. The van der Waals surface area contributed by atoms with Gasteiger partial charge >= 0.3 is 0 Å². The van der Waals surface area contributed by atoms with Crippen molar-refractivity contribution in [3.05, 3.63) is 45.7 Å². The van der Waals surface area contributed by atoms with Crippen LogP contribution < -0.4 is 10.1 Å². The SMILES string of the molecule is CN=C(NCCc1ncc(C)s1)N(C)Cc1ccc(OC)c(F)c1. The van der Waals surface area contributed by atoms with E-state index in [0.29, 0.717) is 6.54 Å². The molecule has 0 aliphatic carbocycles. The van der Waals surface area contributed by atoms with Gasteiger partial charge in [-0.15, -0.1) is 11.3 Å². The number of nitrogens with zero attached hydrogens (tertiary/aromatic N) is 3. The molecule has 1 N–H and O–H groups in total. The van der Waals surface area contributed by atoms with Gasteiger partial charge in [-0.1, -0.05) is 6.07 Å². The number of nitrogens with one attached hydrogen (secondary N) is 1. The summed E-state index contributed by atoms with van der Waals surface area (Å²) < 4.78 is 18.7. The van der Waals surface area contributed by atoms with Crippen molar-refractivity contribution in [2.45, 2.75) is 19.9 Å². The van der Waals surface area contributed by atoms with Crippen LogP contribution in [0.25, 0.3) is 0 Å². The Morgan fingerprint density at radius 3 is 2.83 bits per heavy atom. The summed E-state index contributed by atoms with van der Waals surface area (Å²) in [4.78, 5) is 11.8. The quantitative estimate of drug-likeness (QED) is 0.643. The number of benzene rings is 1. The molecule has 7 heteroatoms. The largest absolute Gasteiger partial charge is 0.494 e. The number of aryl methyl sites for hydroxylation is 1. The molecule has 0 fully saturated rings. The average molecular weight is 350 g/mol. The van der Waals surface area contributed by atoms with Crippen LogP contribution in [0.5, 0.6) is 5.75 Å². The summed E-state index contributed by atoms with van der Waals surface area (Å²) in [6.07, 6.45) is 2.74. The molecule has 1 heterocycles. The topological polar surface area (TPSA) is 49.8 Å². The second-order valence-electron chi connectivity index (χ2n) is 5.41. The van der Waals surface area contributed by atoms with Crippen LogP contribution in [0, 0.1) is 12.7 Å². The number of aliphatic imine (C=N–C) groups is 1. The van der Waals surface area contributed by atoms with Gasteiger partial charge in [0.25, 0.3) is 0 Å². The lowest BCUT2D eigenvalue weighted by Crippen LogP contribution is -2.39. The highest BCUT2D eigenvalue weighted by atomic mass is 32.1. The fraction of sp³-hybridized carbons (Fsp3) is 0.412. The molecule has 24 heavy (non-hydrogen) atoms. The first-order valence-electron chi connectivity index (χ1n) is 7.69. The molecule has 0 unspecified atom stereocenters. The maximum atomic E-state index is 13.8. The van der Waals surface area contributed by atoms with Gasteiger partial charge in [0, 0.05) is 44.7 Å². The third-order valence-corrected chi connectivity index (χ3v) is 4.47. The van der Waals surface area contributed by atoms with E-state index in [1.54, 1.807) is 24.5 Å². The highest BCUT2D eigenvalue weighted by Crippen LogP contribution is 2.18. The smallest absolute Gasteiger partial charge is 0.193 e. The first-order chi connectivity index (χ1) is 11.5. The average Bonchev–Trinajstić information content (AvgIpc) is 2.97. The summed E-state index contributed by atoms with van der Waals surface area (Å²) in [5.74, 6) is 0.660. The van der Waals surface area contributed by atoms with Crippen LogP contribution in [0.2, 0.25) is 0 Å². The number of hydrogen-bond acceptors (Lipinski definition) is 4. The third-order valence-electron chi connectivity index (χ3n) is 3.50. The molecule has 0 spiro atoms. The summed E-state index contributed by atoms with van der Waals surface area (Å²) in [6.45, 7) is 3.35. The van der Waals surface area contributed by atoms with Crippen molar-refractivity contribution in [3.8, 4) is 5.75 Å². The number of thiazole rings is 1. The monoisotopic (exact) mass is 350 g/mol. The summed E-state index contributed by atoms with van der Waals surface area (Å²) >= 11 is 1.70. The maximum absolute atomic E-state index is 13.8. The Hall–Kier alpha value is -2.15. The second kappa shape index (κ2) is 8.63. The Bertz CT molecular complexity index is 702. The van der Waals surface area contributed by atoms with E-state index in [9.17, 15) is 4.39 Å². The molecule has 0 aliphatic rings. The van der Waals surface area contributed by atoms with E-state index in [1.807, 2.05) is 24.2 Å². The van der Waals surface area contributed by atoms with Crippen molar-refractivity contribution < 1.29 is 9.13 Å². The molecule has 0 amide bonds. The Balaban J connectivity index is 1.89. The Labute approximate surface area is 146 Å². The molecule has 5 nitrogen and oxygen atoms in total. The van der Waals surface area contributed by atoms with Crippen LogP contribution in [0.15, 0.2) is 29.4 Å². The van der Waals surface area contributed by atoms with Crippen LogP contribution in [0.4, 0.5) is 4.39 Å². The molecule has 2 aromatic rings. The molecule has 2 rings (SSSR count). The van der Waals surface area contributed by atoms with Gasteiger partial charge in [-0.2, -0.15) is 0 Å². The standard InChI is InChI=1S/C17H23FN4OS/c1-12-10-21-16(24-12)7-8-20-17(19-2)22(3)11-13-5-6-15(23-4)14(18)9-13/h5-6,9-10H,7-8,11H2,1-4H3,(H,19,20). The molecule has 0 aliphatic heterocycles. The van der Waals surface area contributed by atoms with Gasteiger partial charge in [0.05, 0.1) is 12.1 Å². The summed E-state index contributed by atoms with van der Waals surface area (Å²) in [5, 5.41) is 4.42. The van der Waals surface area contributed by atoms with E-state index >= 15 is 0 Å². The van der Waals surface area contributed by atoms with Crippen LogP contribution >= 0.6 is 11.3 Å². The van der Waals surface area contributed by atoms with E-state index < -0.39 is 0 Å². The third kappa shape index (κ3) is 4.92. The first-order valence-corrected chi connectivity index (χ1v) is 8.50. The first kappa shape index (κ1) is 18.2. The maximum Gasteiger partial charge on any atom is 0.193 e. The lowest BCUT2D eigenvalue weighted by atomic mass is 10.2.